The zero-order valence-corrected chi connectivity index (χ0v) is 22.6. The standard InChI is InChI=1S/C26H33ClF3N3O3S/c1-23(2)21(20(34)7-4-12-26(28,29)30)31-22(32-23)24-14-25(15-24,16-24)33(37(35,36)19-5-3-6-19)13-17-8-10-18(27)11-9-17/h8-11,19,21H,3-7,12-16H2,1-2H3,(H,31,32)/t21-,24?,25?/m0/s1. The van der Waals surface area contributed by atoms with Crippen molar-refractivity contribution in [3.63, 3.8) is 0 Å². The molecule has 0 spiro atoms. The Balaban J connectivity index is 1.31. The van der Waals surface area contributed by atoms with Gasteiger partial charge in [0.15, 0.2) is 5.78 Å². The quantitative estimate of drug-likeness (QED) is 0.416. The average Bonchev–Trinajstić information content (AvgIpc) is 2.99. The molecular formula is C26H33ClF3N3O3S. The van der Waals surface area contributed by atoms with Gasteiger partial charge in [0.25, 0.3) is 0 Å². The van der Waals surface area contributed by atoms with Crippen molar-refractivity contribution in [3.05, 3.63) is 34.9 Å². The van der Waals surface area contributed by atoms with Crippen LogP contribution in [0.25, 0.3) is 0 Å². The third kappa shape index (κ3) is 4.82. The molecule has 204 valence electrons. The summed E-state index contributed by atoms with van der Waals surface area (Å²) in [6, 6.07) is 6.49. The molecule has 4 fully saturated rings. The largest absolute Gasteiger partial charge is 0.389 e. The maximum atomic E-state index is 13.6. The van der Waals surface area contributed by atoms with Gasteiger partial charge in [0.2, 0.25) is 10.0 Å². The Hall–Kier alpha value is -1.65. The van der Waals surface area contributed by atoms with E-state index in [1.807, 2.05) is 26.0 Å². The number of halogens is 4. The van der Waals surface area contributed by atoms with Gasteiger partial charge in [-0.05, 0) is 70.1 Å². The van der Waals surface area contributed by atoms with Crippen LogP contribution in [0.1, 0.15) is 77.2 Å². The first kappa shape index (κ1) is 26.9. The number of nitrogens with zero attached hydrogens (tertiary/aromatic N) is 2. The van der Waals surface area contributed by atoms with Crippen molar-refractivity contribution in [2.45, 2.75) is 107 Å². The molecule has 0 unspecified atom stereocenters. The van der Waals surface area contributed by atoms with Gasteiger partial charge >= 0.3 is 6.18 Å². The zero-order valence-electron chi connectivity index (χ0n) is 21.1. The molecule has 11 heteroatoms. The van der Waals surface area contributed by atoms with Crippen LogP contribution >= 0.6 is 11.6 Å². The molecule has 4 aliphatic carbocycles. The van der Waals surface area contributed by atoms with E-state index in [0.717, 1.165) is 12.0 Å². The second-order valence-corrected chi connectivity index (χ2v) is 14.5. The molecule has 2 bridgehead atoms. The van der Waals surface area contributed by atoms with E-state index in [1.54, 1.807) is 16.4 Å². The highest BCUT2D eigenvalue weighted by atomic mass is 35.5. The molecule has 1 heterocycles. The highest BCUT2D eigenvalue weighted by molar-refractivity contribution is 7.89. The van der Waals surface area contributed by atoms with Crippen molar-refractivity contribution < 1.29 is 26.4 Å². The number of amidine groups is 1. The van der Waals surface area contributed by atoms with E-state index < -0.39 is 39.7 Å². The minimum Gasteiger partial charge on any atom is -0.366 e. The molecule has 1 aromatic carbocycles. The summed E-state index contributed by atoms with van der Waals surface area (Å²) in [5.41, 5.74) is -0.607. The summed E-state index contributed by atoms with van der Waals surface area (Å²) < 4.78 is 66.5. The number of carbonyl (C=O) groups is 1. The molecule has 1 aliphatic heterocycles. The van der Waals surface area contributed by atoms with Crippen molar-refractivity contribution in [3.8, 4) is 0 Å². The zero-order chi connectivity index (χ0) is 26.9. The van der Waals surface area contributed by atoms with Crippen molar-refractivity contribution in [1.82, 2.24) is 9.62 Å². The van der Waals surface area contributed by atoms with E-state index in [4.69, 9.17) is 11.6 Å². The number of nitrogens with one attached hydrogen (secondary N) is 1. The summed E-state index contributed by atoms with van der Waals surface area (Å²) in [6.45, 7) is 3.97. The minimum atomic E-state index is -4.28. The van der Waals surface area contributed by atoms with Gasteiger partial charge in [0, 0.05) is 35.4 Å². The summed E-state index contributed by atoms with van der Waals surface area (Å²) in [5, 5.41) is 3.62. The first-order valence-corrected chi connectivity index (χ1v) is 14.8. The molecular weight excluding hydrogens is 527 g/mol. The molecule has 1 aromatic rings. The predicted octanol–water partition coefficient (Wildman–Crippen LogP) is 5.40. The number of carbonyl (C=O) groups excluding carboxylic acids is 1. The van der Waals surface area contributed by atoms with Gasteiger partial charge in [-0.2, -0.15) is 17.5 Å². The SMILES string of the molecule is CC1(C)NC(C23CC(N(Cc4ccc(Cl)cc4)S(=O)(=O)C4CCC4)(C2)C3)=N[C@H]1C(=O)CCCC(F)(F)F. The normalized spacial score (nSPS) is 30.7. The van der Waals surface area contributed by atoms with Crippen LogP contribution in [0.4, 0.5) is 13.2 Å². The third-order valence-electron chi connectivity index (χ3n) is 8.62. The summed E-state index contributed by atoms with van der Waals surface area (Å²) in [6.07, 6.45) is -1.53. The first-order valence-electron chi connectivity index (χ1n) is 12.9. The molecule has 6 nitrogen and oxygen atoms in total. The third-order valence-corrected chi connectivity index (χ3v) is 11.3. The molecule has 0 radical (unpaired) electrons. The number of benzene rings is 1. The lowest BCUT2D eigenvalue weighted by atomic mass is 9.38. The number of rotatable bonds is 10. The van der Waals surface area contributed by atoms with Crippen LogP contribution in [0.5, 0.6) is 0 Å². The smallest absolute Gasteiger partial charge is 0.366 e. The second kappa shape index (κ2) is 8.95. The Bertz CT molecular complexity index is 1190. The number of Topliss-reactive ketones (excluding diaryl/α,β-unsaturated/α-hetero) is 1. The number of hydrogen-bond donors (Lipinski definition) is 1. The lowest BCUT2D eigenvalue weighted by Crippen LogP contribution is -2.79. The Morgan fingerprint density at radius 2 is 1.78 bits per heavy atom. The monoisotopic (exact) mass is 559 g/mol. The second-order valence-electron chi connectivity index (χ2n) is 11.9. The fourth-order valence-corrected chi connectivity index (χ4v) is 8.90. The molecule has 1 atom stereocenters. The lowest BCUT2D eigenvalue weighted by molar-refractivity contribution is -0.151. The number of aliphatic imine (C=N–C) groups is 1. The summed E-state index contributed by atoms with van der Waals surface area (Å²) in [7, 11) is -3.48. The number of sulfonamides is 1. The molecule has 0 saturated heterocycles. The van der Waals surface area contributed by atoms with Crippen LogP contribution in [-0.4, -0.2) is 52.9 Å². The maximum Gasteiger partial charge on any atom is 0.389 e. The van der Waals surface area contributed by atoms with Crippen LogP contribution in [0.2, 0.25) is 5.02 Å². The van der Waals surface area contributed by atoms with Crippen LogP contribution in [0.3, 0.4) is 0 Å². The Morgan fingerprint density at radius 1 is 1.16 bits per heavy atom. The molecule has 4 saturated carbocycles. The summed E-state index contributed by atoms with van der Waals surface area (Å²) in [4.78, 5) is 17.5. The van der Waals surface area contributed by atoms with Gasteiger partial charge < -0.3 is 5.32 Å². The van der Waals surface area contributed by atoms with E-state index in [0.29, 0.717) is 43.0 Å². The summed E-state index contributed by atoms with van der Waals surface area (Å²) in [5.74, 6) is 0.399. The Labute approximate surface area is 221 Å². The lowest BCUT2D eigenvalue weighted by Gasteiger charge is -2.73. The topological polar surface area (TPSA) is 78.8 Å². The molecule has 6 rings (SSSR count). The van der Waals surface area contributed by atoms with Gasteiger partial charge in [-0.25, -0.2) is 8.42 Å². The van der Waals surface area contributed by atoms with Crippen LogP contribution in [0.15, 0.2) is 29.3 Å². The number of ketones is 1. The fourth-order valence-electron chi connectivity index (χ4n) is 6.42. The van der Waals surface area contributed by atoms with Gasteiger partial charge in [0.05, 0.1) is 10.8 Å². The average molecular weight is 560 g/mol. The predicted molar refractivity (Wildman–Crippen MR) is 136 cm³/mol. The van der Waals surface area contributed by atoms with E-state index in [2.05, 4.69) is 10.3 Å². The Kier molecular flexibility index (Phi) is 6.51. The van der Waals surface area contributed by atoms with Crippen LogP contribution in [-0.2, 0) is 21.4 Å². The van der Waals surface area contributed by atoms with Crippen molar-refractivity contribution >= 4 is 33.2 Å². The van der Waals surface area contributed by atoms with Crippen molar-refractivity contribution in [2.24, 2.45) is 10.4 Å². The first-order chi connectivity index (χ1) is 17.2. The van der Waals surface area contributed by atoms with Crippen LogP contribution in [0, 0.1) is 5.41 Å². The minimum absolute atomic E-state index is 0.169. The number of hydrogen-bond acceptors (Lipinski definition) is 5. The summed E-state index contributed by atoms with van der Waals surface area (Å²) >= 11 is 6.03. The molecule has 1 N–H and O–H groups in total. The van der Waals surface area contributed by atoms with Gasteiger partial charge in [-0.1, -0.05) is 30.2 Å². The highest BCUT2D eigenvalue weighted by Crippen LogP contribution is 2.71. The van der Waals surface area contributed by atoms with E-state index in [1.165, 1.54) is 0 Å². The van der Waals surface area contributed by atoms with E-state index in [-0.39, 0.29) is 35.8 Å². The highest BCUT2D eigenvalue weighted by Gasteiger charge is 2.75. The van der Waals surface area contributed by atoms with Gasteiger partial charge in [0.1, 0.15) is 11.9 Å². The molecule has 0 amide bonds. The van der Waals surface area contributed by atoms with E-state index >= 15 is 0 Å². The maximum absolute atomic E-state index is 13.6. The van der Waals surface area contributed by atoms with Crippen LogP contribution < -0.4 is 5.32 Å². The van der Waals surface area contributed by atoms with Crippen molar-refractivity contribution in [2.75, 3.05) is 0 Å². The molecule has 37 heavy (non-hydrogen) atoms. The fraction of sp³-hybridized carbons (Fsp3) is 0.692. The molecule has 0 aromatic heterocycles. The van der Waals surface area contributed by atoms with E-state index in [9.17, 15) is 26.4 Å². The van der Waals surface area contributed by atoms with Crippen molar-refractivity contribution in [1.29, 1.82) is 0 Å². The number of alkyl halides is 3. The Morgan fingerprint density at radius 3 is 2.32 bits per heavy atom. The van der Waals surface area contributed by atoms with Gasteiger partial charge in [-0.15, -0.1) is 0 Å². The van der Waals surface area contributed by atoms with Gasteiger partial charge in [-0.3, -0.25) is 9.79 Å². The molecule has 5 aliphatic rings.